The average molecular weight is 483 g/mol. The number of unbranched alkanes of at least 4 members (excludes halogenated alkanes) is 5. The van der Waals surface area contributed by atoms with Crippen LogP contribution < -0.4 is 15.8 Å². The molecular formula is C22H31FN4O3S2. The molecule has 0 radical (unpaired) electrons. The second-order valence-electron chi connectivity index (χ2n) is 7.48. The summed E-state index contributed by atoms with van der Waals surface area (Å²) >= 11 is 5.25. The van der Waals surface area contributed by atoms with Crippen molar-refractivity contribution in [2.45, 2.75) is 57.0 Å². The number of pyridine rings is 1. The van der Waals surface area contributed by atoms with E-state index in [9.17, 15) is 12.8 Å². The number of nitrogens with two attached hydrogens (primary N) is 1. The van der Waals surface area contributed by atoms with Gasteiger partial charge in [-0.1, -0.05) is 37.8 Å². The Balaban J connectivity index is 1.53. The largest absolute Gasteiger partial charge is 0.362 e. The summed E-state index contributed by atoms with van der Waals surface area (Å²) in [7, 11) is -3.80. The lowest BCUT2D eigenvalue weighted by Crippen LogP contribution is -2.31. The van der Waals surface area contributed by atoms with Gasteiger partial charge in [0.25, 0.3) is 0 Å². The predicted octanol–water partition coefficient (Wildman–Crippen LogP) is 4.07. The van der Waals surface area contributed by atoms with Crippen molar-refractivity contribution in [3.8, 4) is 0 Å². The number of halogens is 1. The number of ether oxygens (including phenoxy) is 1. The number of primary sulfonamides is 1. The summed E-state index contributed by atoms with van der Waals surface area (Å²) in [6, 6.07) is 9.44. The third kappa shape index (κ3) is 10.9. The first kappa shape index (κ1) is 26.1. The van der Waals surface area contributed by atoms with Crippen molar-refractivity contribution in [2.24, 2.45) is 5.14 Å². The van der Waals surface area contributed by atoms with Gasteiger partial charge in [-0.3, -0.25) is 4.98 Å². The van der Waals surface area contributed by atoms with Gasteiger partial charge < -0.3 is 15.4 Å². The van der Waals surface area contributed by atoms with Gasteiger partial charge in [-0.25, -0.2) is 17.9 Å². The fourth-order valence-corrected chi connectivity index (χ4v) is 4.04. The zero-order valence-corrected chi connectivity index (χ0v) is 19.6. The van der Waals surface area contributed by atoms with E-state index in [1.807, 2.05) is 12.1 Å². The number of sulfonamides is 1. The number of rotatable bonds is 14. The summed E-state index contributed by atoms with van der Waals surface area (Å²) in [5.41, 5.74) is 0.548. The molecule has 0 saturated carbocycles. The van der Waals surface area contributed by atoms with E-state index >= 15 is 0 Å². The quantitative estimate of drug-likeness (QED) is 0.275. The molecule has 0 bridgehead atoms. The van der Waals surface area contributed by atoms with Crippen molar-refractivity contribution in [1.29, 1.82) is 0 Å². The molecule has 1 heterocycles. The van der Waals surface area contributed by atoms with Gasteiger partial charge in [0.15, 0.2) is 10.5 Å². The van der Waals surface area contributed by atoms with Crippen molar-refractivity contribution >= 4 is 33.0 Å². The Morgan fingerprint density at radius 1 is 1.03 bits per heavy atom. The molecule has 0 aliphatic carbocycles. The van der Waals surface area contributed by atoms with Gasteiger partial charge in [0, 0.05) is 24.6 Å². The first-order chi connectivity index (χ1) is 15.3. The number of anilines is 1. The normalized spacial score (nSPS) is 12.3. The maximum Gasteiger partial charge on any atom is 0.236 e. The van der Waals surface area contributed by atoms with Crippen LogP contribution in [0, 0.1) is 5.82 Å². The van der Waals surface area contributed by atoms with Crippen LogP contribution in [0.5, 0.6) is 0 Å². The third-order valence-corrected chi connectivity index (χ3v) is 6.16. The first-order valence-corrected chi connectivity index (χ1v) is 12.7. The molecular weight excluding hydrogens is 451 g/mol. The Morgan fingerprint density at radius 2 is 1.66 bits per heavy atom. The van der Waals surface area contributed by atoms with Gasteiger partial charge in [-0.05, 0) is 61.3 Å². The molecule has 0 aliphatic heterocycles. The van der Waals surface area contributed by atoms with Crippen LogP contribution in [-0.2, 0) is 21.4 Å². The topological polar surface area (TPSA) is 106 Å². The lowest BCUT2D eigenvalue weighted by atomic mass is 10.1. The third-order valence-electron chi connectivity index (χ3n) is 4.81. The number of nitrogens with zero attached hydrogens (tertiary/aromatic N) is 1. The number of thiocarbonyl (C=S) groups is 1. The van der Waals surface area contributed by atoms with Crippen molar-refractivity contribution in [1.82, 2.24) is 10.3 Å². The van der Waals surface area contributed by atoms with Crippen LogP contribution >= 0.6 is 12.2 Å². The molecule has 32 heavy (non-hydrogen) atoms. The zero-order chi connectivity index (χ0) is 23.2. The van der Waals surface area contributed by atoms with Gasteiger partial charge >= 0.3 is 0 Å². The fraction of sp³-hybridized carbons (Fsp3) is 0.455. The van der Waals surface area contributed by atoms with Gasteiger partial charge in [0.1, 0.15) is 5.82 Å². The highest BCUT2D eigenvalue weighted by atomic mass is 32.2. The summed E-state index contributed by atoms with van der Waals surface area (Å²) in [4.78, 5) is 3.96. The second-order valence-corrected chi connectivity index (χ2v) is 9.59. The minimum absolute atomic E-state index is 0.0757. The summed E-state index contributed by atoms with van der Waals surface area (Å²) in [5, 5.41) is 12.2. The van der Waals surface area contributed by atoms with Crippen molar-refractivity contribution < 1.29 is 17.5 Å². The van der Waals surface area contributed by atoms with Gasteiger partial charge in [-0.2, -0.15) is 0 Å². The van der Waals surface area contributed by atoms with Crippen molar-refractivity contribution in [2.75, 3.05) is 11.9 Å². The summed E-state index contributed by atoms with van der Waals surface area (Å²) in [6.45, 7) is 0.869. The second kappa shape index (κ2) is 14.1. The monoisotopic (exact) mass is 482 g/mol. The molecule has 1 atom stereocenters. The molecule has 0 spiro atoms. The SMILES string of the molecule is NS(=O)(=O)C(CCCCCCCCNC(=S)Nc1ccncc1)OCc1ccc(F)cc1. The van der Waals surface area contributed by atoms with E-state index in [1.54, 1.807) is 24.5 Å². The molecule has 0 saturated heterocycles. The van der Waals surface area contributed by atoms with Crippen molar-refractivity contribution in [3.05, 3.63) is 60.2 Å². The Bertz CT molecular complexity index is 913. The van der Waals surface area contributed by atoms with E-state index in [0.717, 1.165) is 44.3 Å². The molecule has 4 N–H and O–H groups in total. The van der Waals surface area contributed by atoms with E-state index in [4.69, 9.17) is 22.1 Å². The maximum atomic E-state index is 13.0. The zero-order valence-electron chi connectivity index (χ0n) is 18.0. The van der Waals surface area contributed by atoms with Gasteiger partial charge in [0.05, 0.1) is 6.61 Å². The fourth-order valence-electron chi connectivity index (χ4n) is 3.07. The molecule has 0 amide bonds. The molecule has 1 aromatic carbocycles. The number of hydrogen-bond donors (Lipinski definition) is 3. The summed E-state index contributed by atoms with van der Waals surface area (Å²) < 4.78 is 42.0. The maximum absolute atomic E-state index is 13.0. The van der Waals surface area contributed by atoms with Gasteiger partial charge in [0.2, 0.25) is 10.0 Å². The predicted molar refractivity (Wildman–Crippen MR) is 129 cm³/mol. The van der Waals surface area contributed by atoms with Crippen LogP contribution in [-0.4, -0.2) is 30.5 Å². The first-order valence-electron chi connectivity index (χ1n) is 10.7. The Labute approximate surface area is 195 Å². The molecule has 7 nitrogen and oxygen atoms in total. The molecule has 176 valence electrons. The van der Waals surface area contributed by atoms with Crippen LogP contribution in [0.1, 0.15) is 50.5 Å². The van der Waals surface area contributed by atoms with Crippen LogP contribution in [0.4, 0.5) is 10.1 Å². The highest BCUT2D eigenvalue weighted by Gasteiger charge is 2.21. The number of benzene rings is 1. The molecule has 1 unspecified atom stereocenters. The Kier molecular flexibility index (Phi) is 11.5. The van der Waals surface area contributed by atoms with Crippen LogP contribution in [0.15, 0.2) is 48.8 Å². The number of hydrogen-bond acceptors (Lipinski definition) is 5. The van der Waals surface area contributed by atoms with E-state index in [2.05, 4.69) is 15.6 Å². The van der Waals surface area contributed by atoms with E-state index in [0.29, 0.717) is 23.5 Å². The van der Waals surface area contributed by atoms with Crippen LogP contribution in [0.25, 0.3) is 0 Å². The minimum atomic E-state index is -3.80. The Morgan fingerprint density at radius 3 is 2.31 bits per heavy atom. The van der Waals surface area contributed by atoms with E-state index < -0.39 is 15.5 Å². The Hall–Kier alpha value is -2.14. The number of aromatic nitrogens is 1. The van der Waals surface area contributed by atoms with Gasteiger partial charge in [-0.15, -0.1) is 0 Å². The summed E-state index contributed by atoms with van der Waals surface area (Å²) in [6.07, 6.45) is 9.49. The average Bonchev–Trinajstić information content (AvgIpc) is 2.75. The lowest BCUT2D eigenvalue weighted by molar-refractivity contribution is 0.0847. The number of nitrogens with one attached hydrogen (secondary N) is 2. The van der Waals surface area contributed by atoms with Crippen LogP contribution in [0.3, 0.4) is 0 Å². The molecule has 1 aromatic heterocycles. The van der Waals surface area contributed by atoms with Crippen molar-refractivity contribution in [3.63, 3.8) is 0 Å². The standard InChI is InChI=1S/C22H31FN4O3S2/c23-19-10-8-18(9-11-19)17-30-21(32(24,28)29)7-5-3-1-2-4-6-14-26-22(31)27-20-12-15-25-16-13-20/h8-13,15-16,21H,1-7,14,17H2,(H2,24,28,29)(H2,25,26,27,31). The molecule has 2 rings (SSSR count). The lowest BCUT2D eigenvalue weighted by Gasteiger charge is -2.16. The highest BCUT2D eigenvalue weighted by molar-refractivity contribution is 7.89. The minimum Gasteiger partial charge on any atom is -0.362 e. The molecule has 2 aromatic rings. The van der Waals surface area contributed by atoms with E-state index in [1.165, 1.54) is 12.1 Å². The van der Waals surface area contributed by atoms with Crippen LogP contribution in [0.2, 0.25) is 0 Å². The smallest absolute Gasteiger partial charge is 0.236 e. The summed E-state index contributed by atoms with van der Waals surface area (Å²) in [5.74, 6) is -0.350. The van der Waals surface area contributed by atoms with E-state index in [-0.39, 0.29) is 12.4 Å². The molecule has 0 fully saturated rings. The highest BCUT2D eigenvalue weighted by Crippen LogP contribution is 2.15. The molecule has 0 aliphatic rings. The molecule has 10 heteroatoms.